The van der Waals surface area contributed by atoms with Gasteiger partial charge in [-0.3, -0.25) is 4.79 Å². The number of carbonyl (C=O) groups excluding carboxylic acids is 1. The van der Waals surface area contributed by atoms with Crippen LogP contribution in [-0.2, 0) is 4.79 Å². The Bertz CT molecular complexity index is 600. The molecule has 1 saturated carbocycles. The highest BCUT2D eigenvalue weighted by Gasteiger charge is 2.34. The molecule has 1 amide bonds. The average molecular weight is 342 g/mol. The average Bonchev–Trinajstić information content (AvgIpc) is 3.35. The summed E-state index contributed by atoms with van der Waals surface area (Å²) in [5, 5.41) is 3.69. The third-order valence-electron chi connectivity index (χ3n) is 3.98. The summed E-state index contributed by atoms with van der Waals surface area (Å²) in [6, 6.07) is 4.41. The fraction of sp³-hybridized carbons (Fsp3) is 0.467. The number of carbonyl (C=O) groups is 1. The Labute approximate surface area is 139 Å². The van der Waals surface area contributed by atoms with Gasteiger partial charge in [-0.05, 0) is 43.3 Å². The van der Waals surface area contributed by atoms with E-state index in [-0.39, 0.29) is 16.8 Å². The smallest absolute Gasteiger partial charge is 0.225 e. The second-order valence-electron chi connectivity index (χ2n) is 5.65. The number of hydrogen-bond donors (Lipinski definition) is 1. The Morgan fingerprint density at radius 2 is 1.86 bits per heavy atom. The highest BCUT2D eigenvalue weighted by atomic mass is 35.5. The lowest BCUT2D eigenvalue weighted by Crippen LogP contribution is -2.52. The second-order valence-corrected chi connectivity index (χ2v) is 6.44. The van der Waals surface area contributed by atoms with Gasteiger partial charge in [0, 0.05) is 37.8 Å². The van der Waals surface area contributed by atoms with Gasteiger partial charge in [-0.1, -0.05) is 11.6 Å². The zero-order valence-corrected chi connectivity index (χ0v) is 13.6. The maximum absolute atomic E-state index is 13.1. The summed E-state index contributed by atoms with van der Waals surface area (Å²) in [5.41, 5.74) is 0.660. The summed E-state index contributed by atoms with van der Waals surface area (Å²) in [7, 11) is 0. The standard InChI is InChI=1S/C15H17ClFN3OS/c16-12-9-11(3-4-13(12)17)18-15(22)20-7-5-19(6-8-20)14(21)10-1-2-10/h3-4,9-10H,1-2,5-8H2,(H,18,22). The molecule has 0 atom stereocenters. The minimum atomic E-state index is -0.453. The molecule has 2 aliphatic rings. The molecular weight excluding hydrogens is 325 g/mol. The summed E-state index contributed by atoms with van der Waals surface area (Å²) in [5.74, 6) is 0.0900. The maximum atomic E-state index is 13.1. The van der Waals surface area contributed by atoms with Crippen LogP contribution in [0, 0.1) is 11.7 Å². The molecule has 0 spiro atoms. The Morgan fingerprint density at radius 3 is 2.45 bits per heavy atom. The van der Waals surface area contributed by atoms with Gasteiger partial charge in [-0.2, -0.15) is 0 Å². The Hall–Kier alpha value is -1.40. The van der Waals surface area contributed by atoms with Crippen LogP contribution < -0.4 is 5.32 Å². The third kappa shape index (κ3) is 3.50. The van der Waals surface area contributed by atoms with E-state index in [9.17, 15) is 9.18 Å². The van der Waals surface area contributed by atoms with E-state index in [4.69, 9.17) is 23.8 Å². The first-order chi connectivity index (χ1) is 10.5. The molecule has 0 bridgehead atoms. The highest BCUT2D eigenvalue weighted by Crippen LogP contribution is 2.31. The van der Waals surface area contributed by atoms with Gasteiger partial charge in [0.15, 0.2) is 5.11 Å². The van der Waals surface area contributed by atoms with E-state index in [1.807, 2.05) is 9.80 Å². The summed E-state index contributed by atoms with van der Waals surface area (Å²) in [6.45, 7) is 2.81. The molecule has 2 fully saturated rings. The van der Waals surface area contributed by atoms with Gasteiger partial charge >= 0.3 is 0 Å². The molecule has 22 heavy (non-hydrogen) atoms. The number of rotatable bonds is 2. The highest BCUT2D eigenvalue weighted by molar-refractivity contribution is 7.80. The molecule has 118 valence electrons. The van der Waals surface area contributed by atoms with Gasteiger partial charge in [-0.15, -0.1) is 0 Å². The minimum Gasteiger partial charge on any atom is -0.345 e. The predicted molar refractivity (Wildman–Crippen MR) is 88.5 cm³/mol. The van der Waals surface area contributed by atoms with E-state index in [2.05, 4.69) is 5.32 Å². The number of amides is 1. The summed E-state index contributed by atoms with van der Waals surface area (Å²) >= 11 is 11.1. The van der Waals surface area contributed by atoms with Crippen molar-refractivity contribution in [3.05, 3.63) is 29.0 Å². The number of thiocarbonyl (C=S) groups is 1. The van der Waals surface area contributed by atoms with Crippen LogP contribution in [0.2, 0.25) is 5.02 Å². The van der Waals surface area contributed by atoms with Gasteiger partial charge in [0.25, 0.3) is 0 Å². The van der Waals surface area contributed by atoms with Crippen molar-refractivity contribution in [3.8, 4) is 0 Å². The molecule has 1 N–H and O–H groups in total. The number of piperazine rings is 1. The molecule has 4 nitrogen and oxygen atoms in total. The molecule has 0 aromatic heterocycles. The van der Waals surface area contributed by atoms with Crippen LogP contribution >= 0.6 is 23.8 Å². The fourth-order valence-corrected chi connectivity index (χ4v) is 2.98. The zero-order valence-electron chi connectivity index (χ0n) is 12.0. The number of nitrogens with zero attached hydrogens (tertiary/aromatic N) is 2. The van der Waals surface area contributed by atoms with Crippen molar-refractivity contribution in [2.75, 3.05) is 31.5 Å². The molecule has 3 rings (SSSR count). The SMILES string of the molecule is O=C(C1CC1)N1CCN(C(=S)Nc2ccc(F)c(Cl)c2)CC1. The predicted octanol–water partition coefficient (Wildman–Crippen LogP) is 2.73. The molecule has 0 unspecified atom stereocenters. The van der Waals surface area contributed by atoms with Gasteiger partial charge in [0.1, 0.15) is 5.82 Å². The molecular formula is C15H17ClFN3OS. The molecule has 1 aromatic rings. The van der Waals surface area contributed by atoms with Crippen LogP contribution in [0.5, 0.6) is 0 Å². The van der Waals surface area contributed by atoms with Crippen molar-refractivity contribution in [1.82, 2.24) is 9.80 Å². The molecule has 1 aliphatic carbocycles. The van der Waals surface area contributed by atoms with Crippen LogP contribution in [0.15, 0.2) is 18.2 Å². The first-order valence-corrected chi connectivity index (χ1v) is 8.13. The van der Waals surface area contributed by atoms with Crippen LogP contribution in [0.3, 0.4) is 0 Å². The van der Waals surface area contributed by atoms with E-state index < -0.39 is 5.82 Å². The van der Waals surface area contributed by atoms with Gasteiger partial charge in [0.05, 0.1) is 5.02 Å². The zero-order chi connectivity index (χ0) is 15.7. The molecule has 0 radical (unpaired) electrons. The fourth-order valence-electron chi connectivity index (χ4n) is 2.49. The normalized spacial score (nSPS) is 18.3. The lowest BCUT2D eigenvalue weighted by Gasteiger charge is -2.36. The number of nitrogens with one attached hydrogen (secondary N) is 1. The molecule has 1 aromatic carbocycles. The number of hydrogen-bond acceptors (Lipinski definition) is 2. The first-order valence-electron chi connectivity index (χ1n) is 7.34. The maximum Gasteiger partial charge on any atom is 0.225 e. The minimum absolute atomic E-state index is 0.0626. The van der Waals surface area contributed by atoms with E-state index in [0.29, 0.717) is 37.0 Å². The summed E-state index contributed by atoms with van der Waals surface area (Å²) < 4.78 is 13.1. The molecule has 1 heterocycles. The van der Waals surface area contributed by atoms with E-state index in [1.165, 1.54) is 12.1 Å². The number of halogens is 2. The van der Waals surface area contributed by atoms with Crippen molar-refractivity contribution in [3.63, 3.8) is 0 Å². The molecule has 1 saturated heterocycles. The number of benzene rings is 1. The van der Waals surface area contributed by atoms with Crippen molar-refractivity contribution in [2.45, 2.75) is 12.8 Å². The van der Waals surface area contributed by atoms with E-state index in [0.717, 1.165) is 12.8 Å². The van der Waals surface area contributed by atoms with Crippen molar-refractivity contribution in [1.29, 1.82) is 0 Å². The Morgan fingerprint density at radius 1 is 1.23 bits per heavy atom. The van der Waals surface area contributed by atoms with Crippen molar-refractivity contribution >= 4 is 40.5 Å². The van der Waals surface area contributed by atoms with E-state index in [1.54, 1.807) is 6.07 Å². The van der Waals surface area contributed by atoms with E-state index >= 15 is 0 Å². The van der Waals surface area contributed by atoms with Gasteiger partial charge in [0.2, 0.25) is 5.91 Å². The quantitative estimate of drug-likeness (QED) is 0.839. The first kappa shape index (κ1) is 15.5. The topological polar surface area (TPSA) is 35.6 Å². The van der Waals surface area contributed by atoms with Crippen molar-refractivity contribution < 1.29 is 9.18 Å². The largest absolute Gasteiger partial charge is 0.345 e. The third-order valence-corrected chi connectivity index (χ3v) is 4.63. The van der Waals surface area contributed by atoms with Crippen LogP contribution in [-0.4, -0.2) is 47.0 Å². The van der Waals surface area contributed by atoms with Crippen LogP contribution in [0.25, 0.3) is 0 Å². The Kier molecular flexibility index (Phi) is 4.49. The number of anilines is 1. The van der Waals surface area contributed by atoms with Gasteiger partial charge in [-0.25, -0.2) is 4.39 Å². The van der Waals surface area contributed by atoms with Crippen LogP contribution in [0.1, 0.15) is 12.8 Å². The lowest BCUT2D eigenvalue weighted by atomic mass is 10.2. The summed E-state index contributed by atoms with van der Waals surface area (Å²) in [6.07, 6.45) is 2.06. The molecule has 1 aliphatic heterocycles. The molecule has 7 heteroatoms. The lowest BCUT2D eigenvalue weighted by molar-refractivity contribution is -0.133. The van der Waals surface area contributed by atoms with Gasteiger partial charge < -0.3 is 15.1 Å². The monoisotopic (exact) mass is 341 g/mol. The second kappa shape index (κ2) is 6.38. The Balaban J connectivity index is 1.53. The summed E-state index contributed by atoms with van der Waals surface area (Å²) in [4.78, 5) is 15.9. The van der Waals surface area contributed by atoms with Crippen molar-refractivity contribution in [2.24, 2.45) is 5.92 Å². The van der Waals surface area contributed by atoms with Crippen LogP contribution in [0.4, 0.5) is 10.1 Å².